The summed E-state index contributed by atoms with van der Waals surface area (Å²) in [5.41, 5.74) is 2.59. The summed E-state index contributed by atoms with van der Waals surface area (Å²) in [6.07, 6.45) is 7.15. The molecule has 0 atom stereocenters. The lowest BCUT2D eigenvalue weighted by molar-refractivity contribution is -0.229. The van der Waals surface area contributed by atoms with Crippen LogP contribution in [0.25, 0.3) is 0 Å². The van der Waals surface area contributed by atoms with Crippen molar-refractivity contribution in [1.82, 2.24) is 0 Å². The summed E-state index contributed by atoms with van der Waals surface area (Å²) in [6.45, 7) is 3.90. The molecule has 1 saturated heterocycles. The van der Waals surface area contributed by atoms with Gasteiger partial charge in [0, 0.05) is 17.8 Å². The highest BCUT2D eigenvalue weighted by atomic mass is 19.4. The number of hydrogen-bond donors (Lipinski definition) is 0. The van der Waals surface area contributed by atoms with Gasteiger partial charge in [-0.15, -0.1) is 0 Å². The second kappa shape index (κ2) is 12.9. The van der Waals surface area contributed by atoms with E-state index in [1.54, 1.807) is 0 Å². The zero-order valence-electron chi connectivity index (χ0n) is 21.6. The van der Waals surface area contributed by atoms with E-state index >= 15 is 0 Å². The van der Waals surface area contributed by atoms with Gasteiger partial charge in [-0.3, -0.25) is 0 Å². The Morgan fingerprint density at radius 2 is 1.36 bits per heavy atom. The van der Waals surface area contributed by atoms with Crippen molar-refractivity contribution < 1.29 is 27.0 Å². The quantitative estimate of drug-likeness (QED) is 0.256. The molecule has 2 nitrogen and oxygen atoms in total. The van der Waals surface area contributed by atoms with Crippen LogP contribution in [0.3, 0.4) is 0 Å². The van der Waals surface area contributed by atoms with Gasteiger partial charge < -0.3 is 9.47 Å². The Morgan fingerprint density at radius 3 is 1.86 bits per heavy atom. The van der Waals surface area contributed by atoms with Crippen LogP contribution in [-0.4, -0.2) is 25.7 Å². The van der Waals surface area contributed by atoms with Gasteiger partial charge in [-0.2, -0.15) is 13.2 Å². The molecule has 6 heteroatoms. The van der Waals surface area contributed by atoms with Gasteiger partial charge in [0.05, 0.1) is 19.3 Å². The van der Waals surface area contributed by atoms with E-state index in [0.717, 1.165) is 51.7 Å². The molecule has 0 N–H and O–H groups in total. The van der Waals surface area contributed by atoms with E-state index in [1.807, 2.05) is 0 Å². The molecule has 3 aliphatic rings. The van der Waals surface area contributed by atoms with Crippen molar-refractivity contribution in [2.24, 2.45) is 17.8 Å². The number of ether oxygens (including phenoxy) is 2. The number of hydrogen-bond acceptors (Lipinski definition) is 2. The summed E-state index contributed by atoms with van der Waals surface area (Å²) in [4.78, 5) is 0. The molecule has 1 heterocycles. The Kier molecular flexibility index (Phi) is 9.91. The van der Waals surface area contributed by atoms with Gasteiger partial charge in [-0.05, 0) is 80.8 Å². The first-order valence-electron chi connectivity index (χ1n) is 14.1. The van der Waals surface area contributed by atoms with E-state index in [9.17, 15) is 17.6 Å². The van der Waals surface area contributed by atoms with Gasteiger partial charge >= 0.3 is 6.18 Å². The molecule has 0 bridgehead atoms. The van der Waals surface area contributed by atoms with E-state index in [2.05, 4.69) is 31.2 Å². The normalized spacial score (nSPS) is 32.4. The summed E-state index contributed by atoms with van der Waals surface area (Å²) in [7, 11) is 0. The zero-order valence-corrected chi connectivity index (χ0v) is 21.6. The highest BCUT2D eigenvalue weighted by Gasteiger charge is 2.33. The van der Waals surface area contributed by atoms with Gasteiger partial charge in [-0.1, -0.05) is 50.5 Å². The van der Waals surface area contributed by atoms with Crippen molar-refractivity contribution in [2.45, 2.75) is 108 Å². The maximum atomic E-state index is 13.9. The number of benzene rings is 1. The number of rotatable bonds is 8. The van der Waals surface area contributed by atoms with Crippen molar-refractivity contribution in [3.8, 4) is 0 Å². The Bertz CT molecular complexity index is 810. The van der Waals surface area contributed by atoms with Gasteiger partial charge in [0.2, 0.25) is 0 Å². The zero-order chi connectivity index (χ0) is 25.5. The minimum atomic E-state index is -4.58. The Morgan fingerprint density at radius 1 is 0.833 bits per heavy atom. The first-order chi connectivity index (χ1) is 17.3. The maximum Gasteiger partial charge on any atom is 0.412 e. The summed E-state index contributed by atoms with van der Waals surface area (Å²) >= 11 is 0. The van der Waals surface area contributed by atoms with Crippen molar-refractivity contribution in [3.05, 3.63) is 47.3 Å². The standard InChI is InChI=1S/C30H42F4O2/c1-2-3-4-5-21-19-35-29(36-20-21)27-16-12-25(13-17-27)23-8-6-22(7-9-23)24-10-14-26(15-11-24)28(31)18-30(32,33)34/h6-9,18,21,24-27,29H,2-5,10-17,19-20H2,1H3/b28-18-. The fourth-order valence-electron chi connectivity index (χ4n) is 6.42. The molecular formula is C30H42F4O2. The maximum absolute atomic E-state index is 13.9. The number of unbranched alkanes of at least 4 members (excludes halogenated alkanes) is 2. The van der Waals surface area contributed by atoms with Crippen LogP contribution in [0.5, 0.6) is 0 Å². The van der Waals surface area contributed by atoms with E-state index in [1.165, 1.54) is 36.8 Å². The summed E-state index contributed by atoms with van der Waals surface area (Å²) < 4.78 is 63.5. The SMILES string of the molecule is CCCCCC1COC(C2CCC(c3ccc(C4CCC(/C(F)=C/C(F)(F)F)CC4)cc3)CC2)OC1. The number of alkyl halides is 3. The van der Waals surface area contributed by atoms with Crippen LogP contribution in [0.1, 0.15) is 107 Å². The fraction of sp³-hybridized carbons (Fsp3) is 0.733. The second-order valence-electron chi connectivity index (χ2n) is 11.3. The molecular weight excluding hydrogens is 468 g/mol. The lowest BCUT2D eigenvalue weighted by Crippen LogP contribution is -2.38. The molecule has 202 valence electrons. The molecule has 36 heavy (non-hydrogen) atoms. The van der Waals surface area contributed by atoms with Crippen LogP contribution in [0, 0.1) is 17.8 Å². The molecule has 4 rings (SSSR count). The summed E-state index contributed by atoms with van der Waals surface area (Å²) in [5.74, 6) is 0.283. The largest absolute Gasteiger partial charge is 0.412 e. The molecule has 2 saturated carbocycles. The van der Waals surface area contributed by atoms with Crippen LogP contribution in [0.2, 0.25) is 0 Å². The molecule has 0 unspecified atom stereocenters. The topological polar surface area (TPSA) is 18.5 Å². The molecule has 0 spiro atoms. The third-order valence-corrected chi connectivity index (χ3v) is 8.66. The van der Waals surface area contributed by atoms with Gasteiger partial charge in [0.15, 0.2) is 6.29 Å². The monoisotopic (exact) mass is 510 g/mol. The smallest absolute Gasteiger partial charge is 0.352 e. The Hall–Kier alpha value is -1.40. The number of halogens is 4. The molecule has 1 aliphatic heterocycles. The lowest BCUT2D eigenvalue weighted by Gasteiger charge is -2.38. The third-order valence-electron chi connectivity index (χ3n) is 8.66. The Labute approximate surface area is 213 Å². The van der Waals surface area contributed by atoms with Gasteiger partial charge in [-0.25, -0.2) is 4.39 Å². The predicted octanol–water partition coefficient (Wildman–Crippen LogP) is 9.22. The second-order valence-corrected chi connectivity index (χ2v) is 11.3. The van der Waals surface area contributed by atoms with Crippen molar-refractivity contribution >= 4 is 0 Å². The average molecular weight is 511 g/mol. The molecule has 1 aromatic rings. The predicted molar refractivity (Wildman–Crippen MR) is 134 cm³/mol. The van der Waals surface area contributed by atoms with Crippen molar-refractivity contribution in [2.75, 3.05) is 13.2 Å². The molecule has 2 aliphatic carbocycles. The Balaban J connectivity index is 1.20. The van der Waals surface area contributed by atoms with E-state index in [0.29, 0.717) is 36.5 Å². The molecule has 3 fully saturated rings. The van der Waals surface area contributed by atoms with Crippen LogP contribution >= 0.6 is 0 Å². The van der Waals surface area contributed by atoms with E-state index in [4.69, 9.17) is 9.47 Å². The highest BCUT2D eigenvalue weighted by Crippen LogP contribution is 2.42. The summed E-state index contributed by atoms with van der Waals surface area (Å²) in [6, 6.07) is 8.82. The molecule has 0 aromatic heterocycles. The van der Waals surface area contributed by atoms with E-state index < -0.39 is 17.9 Å². The minimum absolute atomic E-state index is 0.0401. The molecule has 0 radical (unpaired) electrons. The van der Waals surface area contributed by atoms with Crippen LogP contribution in [0.4, 0.5) is 17.6 Å². The highest BCUT2D eigenvalue weighted by molar-refractivity contribution is 5.28. The molecule has 0 amide bonds. The first kappa shape index (κ1) is 27.6. The van der Waals surface area contributed by atoms with Gasteiger partial charge in [0.25, 0.3) is 0 Å². The van der Waals surface area contributed by atoms with Crippen LogP contribution in [0.15, 0.2) is 36.2 Å². The van der Waals surface area contributed by atoms with E-state index in [-0.39, 0.29) is 12.4 Å². The fourth-order valence-corrected chi connectivity index (χ4v) is 6.42. The first-order valence-corrected chi connectivity index (χ1v) is 14.1. The van der Waals surface area contributed by atoms with Crippen LogP contribution in [-0.2, 0) is 9.47 Å². The molecule has 1 aromatic carbocycles. The van der Waals surface area contributed by atoms with Crippen LogP contribution < -0.4 is 0 Å². The van der Waals surface area contributed by atoms with Gasteiger partial charge in [0.1, 0.15) is 5.83 Å². The minimum Gasteiger partial charge on any atom is -0.352 e. The third kappa shape index (κ3) is 7.80. The number of allylic oxidation sites excluding steroid dienone is 2. The average Bonchev–Trinajstić information content (AvgIpc) is 2.89. The lowest BCUT2D eigenvalue weighted by atomic mass is 9.76. The summed E-state index contributed by atoms with van der Waals surface area (Å²) in [5, 5.41) is 0. The van der Waals surface area contributed by atoms with Crippen molar-refractivity contribution in [3.63, 3.8) is 0 Å². The van der Waals surface area contributed by atoms with Crippen molar-refractivity contribution in [1.29, 1.82) is 0 Å².